The minimum Gasteiger partial charge on any atom is -0.306 e. The van der Waals surface area contributed by atoms with Gasteiger partial charge in [-0.2, -0.15) is 0 Å². The first-order valence-electron chi connectivity index (χ1n) is 63.0. The van der Waals surface area contributed by atoms with Gasteiger partial charge in [0.15, 0.2) is 0 Å². The molecule has 0 fully saturated rings. The Hall–Kier alpha value is -4.00. The highest BCUT2D eigenvalue weighted by Gasteiger charge is 2.52. The number of carbonyl (C=O) groups is 4. The predicted molar refractivity (Wildman–Crippen MR) is 662 cm³/mol. The van der Waals surface area contributed by atoms with E-state index in [1.165, 1.54) is 482 Å². The van der Waals surface area contributed by atoms with Crippen molar-refractivity contribution >= 4 is 146 Å². The lowest BCUT2D eigenvalue weighted by atomic mass is 9.93. The van der Waals surface area contributed by atoms with Crippen LogP contribution in [0.25, 0.3) is 52.1 Å². The van der Waals surface area contributed by atoms with Gasteiger partial charge in [-0.3, -0.25) is 19.2 Å². The van der Waals surface area contributed by atoms with Crippen LogP contribution in [0.3, 0.4) is 0 Å². The summed E-state index contributed by atoms with van der Waals surface area (Å²) in [6.45, 7) is 21.0. The highest BCUT2D eigenvalue weighted by atomic mass is 79.9. The monoisotopic (exact) mass is 2260 g/mol. The van der Waals surface area contributed by atoms with Gasteiger partial charge in [-0.1, -0.05) is 518 Å². The molecule has 16 heteroatoms. The van der Waals surface area contributed by atoms with Crippen LogP contribution in [0.2, 0.25) is 0 Å². The Balaban J connectivity index is 0.987. The van der Waals surface area contributed by atoms with Crippen LogP contribution in [0.4, 0.5) is 0 Å². The lowest BCUT2D eigenvalue weighted by molar-refractivity contribution is -0.124. The number of amides is 4. The van der Waals surface area contributed by atoms with Gasteiger partial charge in [-0.05, 0) is 180 Å². The molecule has 10 heterocycles. The first-order chi connectivity index (χ1) is 72.8. The number of unbranched alkanes of at least 4 members (excludes halogenated alkanes) is 64. The van der Waals surface area contributed by atoms with Gasteiger partial charge in [0, 0.05) is 55.4 Å². The number of rotatable bonds is 95. The van der Waals surface area contributed by atoms with Crippen molar-refractivity contribution in [2.75, 3.05) is 26.2 Å². The van der Waals surface area contributed by atoms with Crippen LogP contribution in [-0.2, 0) is 19.2 Å². The average Bonchev–Trinajstić information content (AvgIpc) is 1.55. The second-order valence-electron chi connectivity index (χ2n) is 45.8. The van der Waals surface area contributed by atoms with Crippen LogP contribution in [0.15, 0.2) is 103 Å². The quantitative estimate of drug-likeness (QED) is 0.0356. The number of halogens is 2. The molecule has 8 nitrogen and oxygen atoms in total. The Morgan fingerprint density at radius 1 is 0.169 bits per heavy atom. The second-order valence-corrected chi connectivity index (χ2v) is 55.1. The lowest BCUT2D eigenvalue weighted by Crippen LogP contribution is -2.34. The maximum absolute atomic E-state index is 16.6. The van der Waals surface area contributed by atoms with Crippen molar-refractivity contribution in [3.05, 3.63) is 122 Å². The molecular formula is C132H208Br2N4O4S6. The third kappa shape index (κ3) is 43.8. The summed E-state index contributed by atoms with van der Waals surface area (Å²) in [6, 6.07) is 27.0. The number of hydrogen-bond donors (Lipinski definition) is 0. The molecule has 0 saturated heterocycles. The van der Waals surface area contributed by atoms with Gasteiger partial charge in [-0.25, -0.2) is 0 Å². The van der Waals surface area contributed by atoms with Crippen molar-refractivity contribution in [3.63, 3.8) is 0 Å². The Bertz CT molecular complexity index is 4440. The van der Waals surface area contributed by atoms with Crippen LogP contribution in [0, 0.1) is 23.7 Å². The number of nitrogens with zero attached hydrogens (tertiary/aromatic N) is 4. The summed E-state index contributed by atoms with van der Waals surface area (Å²) in [5.41, 5.74) is 5.94. The summed E-state index contributed by atoms with van der Waals surface area (Å²) < 4.78 is 2.03. The van der Waals surface area contributed by atoms with Gasteiger partial charge in [-0.15, -0.1) is 68.0 Å². The summed E-state index contributed by atoms with van der Waals surface area (Å²) in [4.78, 5) is 86.1. The van der Waals surface area contributed by atoms with Crippen molar-refractivity contribution in [3.8, 4) is 29.3 Å². The maximum Gasteiger partial charge on any atom is 0.261 e. The van der Waals surface area contributed by atoms with Gasteiger partial charge in [0.05, 0.1) is 72.2 Å². The molecule has 4 amide bonds. The van der Waals surface area contributed by atoms with Crippen LogP contribution in [0.1, 0.15) is 589 Å². The number of hydrogen-bond acceptors (Lipinski definition) is 10. The van der Waals surface area contributed by atoms with Crippen LogP contribution < -0.4 is 0 Å². The van der Waals surface area contributed by atoms with Crippen LogP contribution in [-0.4, -0.2) is 69.4 Å². The zero-order chi connectivity index (χ0) is 105. The van der Waals surface area contributed by atoms with Gasteiger partial charge < -0.3 is 19.6 Å². The molecule has 4 atom stereocenters. The molecule has 10 rings (SSSR count). The SMILES string of the molecule is CCCCCCCCCCCCC(CCCCCCCCCC)CN1C(=O)C2=C(c3ccc(-c4ccc(-c5ccc(-c6ccc(C7=C8C(=O)N(CC(CCCCCCCCCC)CCCCCCCCCCCC)C(c9ccc(Br)s9)=C8C(=O)N7CC(CCCCCCCCCC)CCCCCCCCCCCC)s6)s5)s4)s3)N(CC(CCCCCCCCCC)CCCCCCCCCCCC)C(=O)C2=C1c1ccc(Br)s1. The fourth-order valence-corrected chi connectivity index (χ4v) is 31.4. The van der Waals surface area contributed by atoms with E-state index in [1.54, 1.807) is 45.3 Å². The highest BCUT2D eigenvalue weighted by molar-refractivity contribution is 9.11. The van der Waals surface area contributed by atoms with Gasteiger partial charge >= 0.3 is 0 Å². The second kappa shape index (κ2) is 76.6. The van der Waals surface area contributed by atoms with Crippen LogP contribution >= 0.6 is 99.9 Å². The summed E-state index contributed by atoms with van der Waals surface area (Å²) in [5.74, 6) is 1.41. The Kier molecular flexibility index (Phi) is 65.1. The van der Waals surface area contributed by atoms with E-state index in [2.05, 4.69) is 180 Å². The van der Waals surface area contributed by atoms with E-state index in [1.807, 2.05) is 22.7 Å². The Labute approximate surface area is 947 Å². The number of fused-ring (bicyclic) bond motifs is 2. The minimum absolute atomic E-state index is 0.0207. The fourth-order valence-electron chi connectivity index (χ4n) is 24.1. The number of carbonyl (C=O) groups excluding carboxylic acids is 4. The van der Waals surface area contributed by atoms with Gasteiger partial charge in [0.2, 0.25) is 0 Å². The van der Waals surface area contributed by atoms with Crippen molar-refractivity contribution in [1.29, 1.82) is 0 Å². The van der Waals surface area contributed by atoms with E-state index in [-0.39, 0.29) is 23.6 Å². The molecule has 0 radical (unpaired) electrons. The standard InChI is InChI=1S/C132H208Br2N4O4S6/c1-9-17-25-33-41-49-53-61-69-77-83-105(81-73-65-57-45-37-29-21-13-5)101-135-125(121-123(131(135)141)127(117-97-99-119(133)147-117)137(129(121)139)103-107(85-75-67-59-47-39-31-23-15-7)87-79-71-63-55-51-43-35-27-19-11-3)115-95-93-113(145-115)111-91-89-109(143-111)110-90-92-112(144-110)114-94-96-116(146-114)126-122-124(132(142)136(126)102-106(82-74-66-58-46-38-30-22-14-6)84-78-70-62-54-50-42-34-26-18-10-2)128(118-98-100-120(134)148-118)138(130(122)140)104-108(86-76-68-60-48-40-32-24-16-8)88-80-72-64-56-52-44-36-28-20-12-4/h89-100,105-108H,9-88,101-104H2,1-8H3. The highest BCUT2D eigenvalue weighted by Crippen LogP contribution is 2.55. The topological polar surface area (TPSA) is 81.2 Å². The molecule has 0 N–H and O–H groups in total. The molecule has 830 valence electrons. The van der Waals surface area contributed by atoms with Crippen LogP contribution in [0.5, 0.6) is 0 Å². The Morgan fingerprint density at radius 2 is 0.291 bits per heavy atom. The molecular weight excluding hydrogens is 2060 g/mol. The molecule has 4 aliphatic heterocycles. The third-order valence-electron chi connectivity index (χ3n) is 33.1. The normalized spacial score (nSPS) is 14.9. The van der Waals surface area contributed by atoms with Crippen molar-refractivity contribution < 1.29 is 19.2 Å². The third-order valence-corrected chi connectivity index (χ3v) is 41.3. The largest absolute Gasteiger partial charge is 0.306 e. The number of thiophene rings is 6. The van der Waals surface area contributed by atoms with Gasteiger partial charge in [0.25, 0.3) is 23.6 Å². The van der Waals surface area contributed by atoms with Crippen molar-refractivity contribution in [2.24, 2.45) is 23.7 Å². The predicted octanol–water partition coefficient (Wildman–Crippen LogP) is 46.0. The smallest absolute Gasteiger partial charge is 0.261 e. The minimum atomic E-state index is 0.0207. The molecule has 0 aromatic carbocycles. The Morgan fingerprint density at radius 3 is 0.432 bits per heavy atom. The van der Waals surface area contributed by atoms with E-state index in [4.69, 9.17) is 0 Å². The summed E-state index contributed by atoms with van der Waals surface area (Å²) in [6.07, 6.45) is 102. The van der Waals surface area contributed by atoms with Crippen molar-refractivity contribution in [2.45, 2.75) is 569 Å². The first kappa shape index (κ1) is 126. The maximum atomic E-state index is 16.6. The molecule has 148 heavy (non-hydrogen) atoms. The average molecular weight is 2270 g/mol. The molecule has 6 aromatic heterocycles. The lowest BCUT2D eigenvalue weighted by Gasteiger charge is -2.29. The molecule has 0 bridgehead atoms. The molecule has 0 saturated carbocycles. The van der Waals surface area contributed by atoms with E-state index in [0.717, 1.165) is 111 Å². The van der Waals surface area contributed by atoms with E-state index in [0.29, 0.717) is 72.1 Å². The summed E-state index contributed by atoms with van der Waals surface area (Å²) >= 11 is 18.4. The first-order valence-corrected chi connectivity index (χ1v) is 69.5. The summed E-state index contributed by atoms with van der Waals surface area (Å²) in [5, 5.41) is 0. The molecule has 4 aliphatic rings. The fraction of sp³-hybridized carbons (Fsp3) is 0.727. The molecule has 4 unspecified atom stereocenters. The molecule has 6 aromatic rings. The van der Waals surface area contributed by atoms with E-state index < -0.39 is 0 Å². The van der Waals surface area contributed by atoms with Crippen molar-refractivity contribution in [1.82, 2.24) is 19.6 Å². The zero-order valence-corrected chi connectivity index (χ0v) is 103. The molecule has 0 spiro atoms. The van der Waals surface area contributed by atoms with E-state index in [9.17, 15) is 0 Å². The molecule has 0 aliphatic carbocycles. The zero-order valence-electron chi connectivity index (χ0n) is 95.3. The summed E-state index contributed by atoms with van der Waals surface area (Å²) in [7, 11) is 0. The van der Waals surface area contributed by atoms with Gasteiger partial charge in [0.1, 0.15) is 0 Å². The van der Waals surface area contributed by atoms with E-state index >= 15 is 19.2 Å².